The number of anilines is 2. The van der Waals surface area contributed by atoms with Crippen molar-refractivity contribution in [2.45, 2.75) is 31.8 Å². The Labute approximate surface area is 96.1 Å². The van der Waals surface area contributed by atoms with Crippen LogP contribution in [-0.2, 0) is 0 Å². The number of hydrogen-bond donors (Lipinski definition) is 2. The van der Waals surface area contributed by atoms with E-state index in [-0.39, 0.29) is 0 Å². The molecule has 0 aliphatic carbocycles. The monoisotopic (exact) mass is 221 g/mol. The Kier molecular flexibility index (Phi) is 3.01. The minimum absolute atomic E-state index is 0.533. The van der Waals surface area contributed by atoms with E-state index < -0.39 is 5.60 Å². The lowest BCUT2D eigenvalue weighted by atomic mass is 9.98. The van der Waals surface area contributed by atoms with Gasteiger partial charge in [0.05, 0.1) is 5.60 Å². The minimum Gasteiger partial charge on any atom is -0.390 e. The highest BCUT2D eigenvalue weighted by molar-refractivity contribution is 5.44. The molecule has 1 atom stereocenters. The van der Waals surface area contributed by atoms with Gasteiger partial charge in [-0.2, -0.15) is 0 Å². The van der Waals surface area contributed by atoms with Crippen molar-refractivity contribution >= 4 is 11.6 Å². The number of nitrogen functional groups attached to an aromatic ring is 1. The summed E-state index contributed by atoms with van der Waals surface area (Å²) in [5, 5.41) is 10.0. The maximum atomic E-state index is 10.0. The summed E-state index contributed by atoms with van der Waals surface area (Å²) < 4.78 is 0. The van der Waals surface area contributed by atoms with Crippen LogP contribution < -0.4 is 10.6 Å². The van der Waals surface area contributed by atoms with Crippen LogP contribution >= 0.6 is 0 Å². The molecule has 1 fully saturated rings. The number of rotatable bonds is 1. The van der Waals surface area contributed by atoms with Crippen LogP contribution in [0.1, 0.15) is 26.2 Å². The molecule has 4 heteroatoms. The molecule has 1 aliphatic rings. The van der Waals surface area contributed by atoms with E-state index in [2.05, 4.69) is 9.88 Å². The van der Waals surface area contributed by atoms with Gasteiger partial charge in [0.2, 0.25) is 0 Å². The van der Waals surface area contributed by atoms with Gasteiger partial charge >= 0.3 is 0 Å². The van der Waals surface area contributed by atoms with Gasteiger partial charge in [-0.3, -0.25) is 0 Å². The molecular weight excluding hydrogens is 202 g/mol. The summed E-state index contributed by atoms with van der Waals surface area (Å²) in [4.78, 5) is 6.50. The first-order valence-corrected chi connectivity index (χ1v) is 5.77. The highest BCUT2D eigenvalue weighted by Gasteiger charge is 2.25. The van der Waals surface area contributed by atoms with Crippen molar-refractivity contribution in [3.63, 3.8) is 0 Å². The molecular formula is C12H19N3O. The minimum atomic E-state index is -0.533. The third-order valence-corrected chi connectivity index (χ3v) is 3.14. The molecule has 88 valence electrons. The highest BCUT2D eigenvalue weighted by atomic mass is 16.3. The molecule has 3 N–H and O–H groups in total. The fourth-order valence-corrected chi connectivity index (χ4v) is 2.11. The van der Waals surface area contributed by atoms with E-state index in [4.69, 9.17) is 5.73 Å². The van der Waals surface area contributed by atoms with Crippen LogP contribution in [0, 0.1) is 0 Å². The van der Waals surface area contributed by atoms with Gasteiger partial charge in [0.25, 0.3) is 0 Å². The van der Waals surface area contributed by atoms with Gasteiger partial charge in [0, 0.05) is 13.1 Å². The number of aromatic nitrogens is 1. The fraction of sp³-hybridized carbons (Fsp3) is 0.583. The lowest BCUT2D eigenvalue weighted by Gasteiger charge is -2.23. The molecule has 0 aromatic carbocycles. The molecule has 0 saturated carbocycles. The van der Waals surface area contributed by atoms with E-state index >= 15 is 0 Å². The van der Waals surface area contributed by atoms with Crippen molar-refractivity contribution in [1.29, 1.82) is 0 Å². The van der Waals surface area contributed by atoms with Crippen molar-refractivity contribution in [3.8, 4) is 0 Å². The van der Waals surface area contributed by atoms with E-state index in [9.17, 15) is 5.11 Å². The zero-order valence-electron chi connectivity index (χ0n) is 9.69. The molecule has 2 rings (SSSR count). The largest absolute Gasteiger partial charge is 0.390 e. The van der Waals surface area contributed by atoms with Crippen molar-refractivity contribution in [2.24, 2.45) is 0 Å². The molecule has 1 aromatic rings. The Morgan fingerprint density at radius 2 is 2.19 bits per heavy atom. The Bertz CT molecular complexity index is 365. The second kappa shape index (κ2) is 4.29. The standard InChI is InChI=1S/C12H19N3O/c1-12(16)6-3-8-15(9-7-12)11-5-2-4-10(13)14-11/h2,4-5,16H,3,6-9H2,1H3,(H2,13,14). The van der Waals surface area contributed by atoms with Crippen LogP contribution in [0.2, 0.25) is 0 Å². The van der Waals surface area contributed by atoms with Crippen molar-refractivity contribution < 1.29 is 5.11 Å². The summed E-state index contributed by atoms with van der Waals surface area (Å²) >= 11 is 0. The SMILES string of the molecule is CC1(O)CCCN(c2cccc(N)n2)CC1. The average molecular weight is 221 g/mol. The van der Waals surface area contributed by atoms with Gasteiger partial charge in [-0.05, 0) is 38.3 Å². The van der Waals surface area contributed by atoms with E-state index in [0.29, 0.717) is 5.82 Å². The van der Waals surface area contributed by atoms with E-state index in [1.54, 1.807) is 6.07 Å². The van der Waals surface area contributed by atoms with Gasteiger partial charge in [-0.15, -0.1) is 0 Å². The van der Waals surface area contributed by atoms with Crippen molar-refractivity contribution in [1.82, 2.24) is 4.98 Å². The zero-order chi connectivity index (χ0) is 11.6. The summed E-state index contributed by atoms with van der Waals surface area (Å²) in [7, 11) is 0. The molecule has 0 bridgehead atoms. The third-order valence-electron chi connectivity index (χ3n) is 3.14. The first kappa shape index (κ1) is 11.2. The highest BCUT2D eigenvalue weighted by Crippen LogP contribution is 2.24. The zero-order valence-corrected chi connectivity index (χ0v) is 9.69. The van der Waals surface area contributed by atoms with Crippen LogP contribution in [-0.4, -0.2) is 28.8 Å². The lowest BCUT2D eigenvalue weighted by Crippen LogP contribution is -2.28. The van der Waals surface area contributed by atoms with E-state index in [1.165, 1.54) is 0 Å². The normalized spacial score (nSPS) is 26.5. The Morgan fingerprint density at radius 3 is 2.94 bits per heavy atom. The van der Waals surface area contributed by atoms with Gasteiger partial charge in [-0.1, -0.05) is 6.07 Å². The van der Waals surface area contributed by atoms with Crippen LogP contribution in [0.4, 0.5) is 11.6 Å². The molecule has 1 unspecified atom stereocenters. The smallest absolute Gasteiger partial charge is 0.130 e. The lowest BCUT2D eigenvalue weighted by molar-refractivity contribution is 0.0481. The summed E-state index contributed by atoms with van der Waals surface area (Å²) in [5.74, 6) is 1.46. The number of pyridine rings is 1. The quantitative estimate of drug-likeness (QED) is 0.752. The topological polar surface area (TPSA) is 62.4 Å². The second-order valence-electron chi connectivity index (χ2n) is 4.76. The number of nitrogens with zero attached hydrogens (tertiary/aromatic N) is 2. The summed E-state index contributed by atoms with van der Waals surface area (Å²) in [6, 6.07) is 5.68. The predicted octanol–water partition coefficient (Wildman–Crippen LogP) is 1.41. The number of aliphatic hydroxyl groups is 1. The summed E-state index contributed by atoms with van der Waals surface area (Å²) in [5.41, 5.74) is 5.14. The van der Waals surface area contributed by atoms with E-state index in [1.807, 2.05) is 19.1 Å². The van der Waals surface area contributed by atoms with Gasteiger partial charge in [-0.25, -0.2) is 4.98 Å². The molecule has 4 nitrogen and oxygen atoms in total. The first-order chi connectivity index (χ1) is 7.57. The maximum Gasteiger partial charge on any atom is 0.130 e. The van der Waals surface area contributed by atoms with Crippen molar-refractivity contribution in [3.05, 3.63) is 18.2 Å². The first-order valence-electron chi connectivity index (χ1n) is 5.77. The molecule has 0 radical (unpaired) electrons. The van der Waals surface area contributed by atoms with Gasteiger partial charge in [0.15, 0.2) is 0 Å². The maximum absolute atomic E-state index is 10.0. The average Bonchev–Trinajstić information content (AvgIpc) is 2.39. The third kappa shape index (κ3) is 2.64. The fourth-order valence-electron chi connectivity index (χ4n) is 2.11. The summed E-state index contributed by atoms with van der Waals surface area (Å²) in [6.45, 7) is 3.68. The molecule has 1 saturated heterocycles. The van der Waals surface area contributed by atoms with Crippen molar-refractivity contribution in [2.75, 3.05) is 23.7 Å². The van der Waals surface area contributed by atoms with E-state index in [0.717, 1.165) is 38.2 Å². The summed E-state index contributed by atoms with van der Waals surface area (Å²) in [6.07, 6.45) is 2.62. The second-order valence-corrected chi connectivity index (χ2v) is 4.76. The van der Waals surface area contributed by atoms with Gasteiger partial charge in [0.1, 0.15) is 11.6 Å². The Hall–Kier alpha value is -1.29. The van der Waals surface area contributed by atoms with Crippen LogP contribution in [0.15, 0.2) is 18.2 Å². The van der Waals surface area contributed by atoms with Gasteiger partial charge < -0.3 is 15.7 Å². The molecule has 16 heavy (non-hydrogen) atoms. The molecule has 0 amide bonds. The number of nitrogens with two attached hydrogens (primary N) is 1. The Balaban J connectivity index is 2.11. The van der Waals surface area contributed by atoms with Crippen LogP contribution in [0.5, 0.6) is 0 Å². The molecule has 2 heterocycles. The molecule has 1 aromatic heterocycles. The Morgan fingerprint density at radius 1 is 1.38 bits per heavy atom. The van der Waals surface area contributed by atoms with Crippen LogP contribution in [0.3, 0.4) is 0 Å². The van der Waals surface area contributed by atoms with Crippen LogP contribution in [0.25, 0.3) is 0 Å². The molecule has 1 aliphatic heterocycles. The predicted molar refractivity (Wildman–Crippen MR) is 65.3 cm³/mol. The molecule has 0 spiro atoms. The number of hydrogen-bond acceptors (Lipinski definition) is 4.